The van der Waals surface area contributed by atoms with Crippen molar-refractivity contribution in [2.24, 2.45) is 5.41 Å². The molecule has 0 aromatic heterocycles. The van der Waals surface area contributed by atoms with Gasteiger partial charge < -0.3 is 19.4 Å². The lowest BCUT2D eigenvalue weighted by molar-refractivity contribution is 0.00578. The van der Waals surface area contributed by atoms with Crippen LogP contribution in [0.5, 0.6) is 5.75 Å². The van der Waals surface area contributed by atoms with Crippen molar-refractivity contribution in [3.63, 3.8) is 0 Å². The van der Waals surface area contributed by atoms with Gasteiger partial charge in [0.05, 0.1) is 23.4 Å². The monoisotopic (exact) mass is 510 g/mol. The first kappa shape index (κ1) is 29.8. The quantitative estimate of drug-likeness (QED) is 0.341. The van der Waals surface area contributed by atoms with Crippen LogP contribution in [0.4, 0.5) is 8.78 Å². The second-order valence-corrected chi connectivity index (χ2v) is 15.7. The highest BCUT2D eigenvalue weighted by atomic mass is 28.3. The molecule has 1 aliphatic heterocycles. The molecule has 0 bridgehead atoms. The topological polar surface area (TPSA) is 56.8 Å². The van der Waals surface area contributed by atoms with E-state index in [2.05, 4.69) is 39.2 Å². The third kappa shape index (κ3) is 7.52. The lowest BCUT2D eigenvalue weighted by Gasteiger charge is -2.33. The zero-order chi connectivity index (χ0) is 27.0. The van der Waals surface area contributed by atoms with Crippen molar-refractivity contribution < 1.29 is 27.6 Å². The maximum Gasteiger partial charge on any atom is 0.497 e. The molecule has 1 N–H and O–H groups in total. The molecule has 1 fully saturated rings. The molecule has 0 saturated carbocycles. The summed E-state index contributed by atoms with van der Waals surface area (Å²) >= 11 is 0. The van der Waals surface area contributed by atoms with Crippen molar-refractivity contribution >= 4 is 27.3 Å². The Kier molecular flexibility index (Phi) is 8.93. The standard InChI is InChI=1S/C26H43BF2NO4Si/c1-23(2,3)16-24(4,5)30-22(31)17-15-18(27-33-25(6,7)26(8,9)34-27)19(28)20(29)21(17)32-13-12-14-35(10)11/h15H,12-14,16H2,1-11H3,(H,30,31). The van der Waals surface area contributed by atoms with E-state index in [1.54, 1.807) is 0 Å². The predicted molar refractivity (Wildman–Crippen MR) is 140 cm³/mol. The normalized spacial score (nSPS) is 17.7. The number of ether oxygens (including phenoxy) is 1. The summed E-state index contributed by atoms with van der Waals surface area (Å²) in [5.74, 6) is -3.22. The van der Waals surface area contributed by atoms with Gasteiger partial charge in [0.2, 0.25) is 5.82 Å². The van der Waals surface area contributed by atoms with Gasteiger partial charge in [-0.3, -0.25) is 4.79 Å². The minimum Gasteiger partial charge on any atom is -0.490 e. The molecule has 1 heterocycles. The zero-order valence-corrected chi connectivity index (χ0v) is 24.4. The highest BCUT2D eigenvalue weighted by molar-refractivity contribution is 6.62. The number of benzene rings is 1. The highest BCUT2D eigenvalue weighted by Gasteiger charge is 2.53. The fraction of sp³-hybridized carbons (Fsp3) is 0.731. The Bertz CT molecular complexity index is 913. The minimum atomic E-state index is -1.20. The maximum atomic E-state index is 15.4. The van der Waals surface area contributed by atoms with Crippen LogP contribution in [0.2, 0.25) is 19.1 Å². The third-order valence-corrected chi connectivity index (χ3v) is 7.79. The van der Waals surface area contributed by atoms with E-state index in [1.807, 2.05) is 41.5 Å². The van der Waals surface area contributed by atoms with Gasteiger partial charge in [0.1, 0.15) is 0 Å². The van der Waals surface area contributed by atoms with Crippen LogP contribution in [0.15, 0.2) is 6.07 Å². The van der Waals surface area contributed by atoms with E-state index in [-0.39, 0.29) is 28.8 Å². The van der Waals surface area contributed by atoms with Gasteiger partial charge in [-0.25, -0.2) is 4.39 Å². The van der Waals surface area contributed by atoms with Crippen molar-refractivity contribution in [2.75, 3.05) is 6.61 Å². The highest BCUT2D eigenvalue weighted by Crippen LogP contribution is 2.37. The van der Waals surface area contributed by atoms with E-state index in [1.165, 1.54) is 6.07 Å². The average molecular weight is 511 g/mol. The molecule has 0 aliphatic carbocycles. The first-order valence-electron chi connectivity index (χ1n) is 12.4. The molecule has 0 unspecified atom stereocenters. The first-order valence-corrected chi connectivity index (χ1v) is 15.1. The molecule has 0 spiro atoms. The van der Waals surface area contributed by atoms with Crippen LogP contribution in [-0.4, -0.2) is 45.2 Å². The molecule has 35 heavy (non-hydrogen) atoms. The lowest BCUT2D eigenvalue weighted by Crippen LogP contribution is -2.46. The van der Waals surface area contributed by atoms with E-state index in [0.29, 0.717) is 12.8 Å². The van der Waals surface area contributed by atoms with E-state index < -0.39 is 50.2 Å². The van der Waals surface area contributed by atoms with Crippen molar-refractivity contribution in [1.82, 2.24) is 5.32 Å². The van der Waals surface area contributed by atoms with Gasteiger partial charge in [0.15, 0.2) is 11.6 Å². The van der Waals surface area contributed by atoms with Gasteiger partial charge in [0.25, 0.3) is 5.91 Å². The van der Waals surface area contributed by atoms with Gasteiger partial charge in [-0.2, -0.15) is 4.39 Å². The third-order valence-electron chi connectivity index (χ3n) is 6.43. The molecule has 0 atom stereocenters. The molecule has 1 saturated heterocycles. The second kappa shape index (κ2) is 10.5. The Balaban J connectivity index is 2.48. The number of nitrogens with one attached hydrogen (secondary N) is 1. The fourth-order valence-corrected chi connectivity index (χ4v) is 5.28. The van der Waals surface area contributed by atoms with E-state index in [9.17, 15) is 4.79 Å². The molecule has 1 aliphatic rings. The number of carbonyl (C=O) groups is 1. The van der Waals surface area contributed by atoms with Crippen LogP contribution in [0.3, 0.4) is 0 Å². The number of amides is 1. The summed E-state index contributed by atoms with van der Waals surface area (Å²) in [7, 11) is -1.62. The van der Waals surface area contributed by atoms with Crippen molar-refractivity contribution in [2.45, 2.75) is 111 Å². The molecular weight excluding hydrogens is 467 g/mol. The summed E-state index contributed by atoms with van der Waals surface area (Å²) in [5.41, 5.74) is -2.32. The summed E-state index contributed by atoms with van der Waals surface area (Å²) in [6.07, 6.45) is 1.39. The van der Waals surface area contributed by atoms with Gasteiger partial charge in [-0.05, 0) is 65.9 Å². The summed E-state index contributed by atoms with van der Waals surface area (Å²) in [4.78, 5) is 13.4. The minimum absolute atomic E-state index is 0.0439. The second-order valence-electron chi connectivity index (χ2n) is 12.8. The number of hydrogen-bond acceptors (Lipinski definition) is 4. The van der Waals surface area contributed by atoms with Crippen molar-refractivity contribution in [3.05, 3.63) is 23.3 Å². The lowest BCUT2D eigenvalue weighted by atomic mass is 9.77. The molecule has 1 aromatic carbocycles. The van der Waals surface area contributed by atoms with Gasteiger partial charge in [0, 0.05) is 19.8 Å². The van der Waals surface area contributed by atoms with Crippen LogP contribution in [0.25, 0.3) is 0 Å². The number of carbonyl (C=O) groups excluding carboxylic acids is 1. The fourth-order valence-electron chi connectivity index (χ4n) is 4.43. The predicted octanol–water partition coefficient (Wildman–Crippen LogP) is 5.73. The molecule has 1 aromatic rings. The maximum absolute atomic E-state index is 15.4. The first-order chi connectivity index (χ1) is 15.8. The van der Waals surface area contributed by atoms with Crippen LogP contribution < -0.4 is 15.5 Å². The van der Waals surface area contributed by atoms with Crippen LogP contribution >= 0.6 is 0 Å². The van der Waals surface area contributed by atoms with Crippen LogP contribution in [0.1, 0.15) is 85.5 Å². The Hall–Kier alpha value is -1.45. The Morgan fingerprint density at radius 1 is 1.06 bits per heavy atom. The van der Waals surface area contributed by atoms with E-state index in [0.717, 1.165) is 6.04 Å². The molecule has 1 radical (unpaired) electrons. The summed E-state index contributed by atoms with van der Waals surface area (Å²) in [6, 6.07) is 2.29. The van der Waals surface area contributed by atoms with Gasteiger partial charge in [-0.15, -0.1) is 0 Å². The smallest absolute Gasteiger partial charge is 0.490 e. The molecule has 1 amide bonds. The zero-order valence-electron chi connectivity index (χ0n) is 23.4. The van der Waals surface area contributed by atoms with Crippen molar-refractivity contribution in [1.29, 1.82) is 0 Å². The SMILES string of the molecule is C[Si](C)CCCOc1c(C(=O)NC(C)(C)CC(C)(C)C)cc(B2OC(C)(C)C(C)(C)O2)c(F)c1F. The Labute approximate surface area is 212 Å². The largest absolute Gasteiger partial charge is 0.497 e. The number of rotatable bonds is 9. The van der Waals surface area contributed by atoms with Crippen LogP contribution in [-0.2, 0) is 9.31 Å². The molecule has 2 rings (SSSR count). The average Bonchev–Trinajstić information content (AvgIpc) is 2.86. The number of halogens is 2. The van der Waals surface area contributed by atoms with Crippen molar-refractivity contribution in [3.8, 4) is 5.75 Å². The Morgan fingerprint density at radius 2 is 1.60 bits per heavy atom. The summed E-state index contributed by atoms with van der Waals surface area (Å²) in [5, 5.41) is 2.99. The number of hydrogen-bond donors (Lipinski definition) is 1. The summed E-state index contributed by atoms with van der Waals surface area (Å²) in [6.45, 7) is 22.0. The van der Waals surface area contributed by atoms with E-state index >= 15 is 8.78 Å². The van der Waals surface area contributed by atoms with Gasteiger partial charge in [-0.1, -0.05) is 39.9 Å². The molecule has 5 nitrogen and oxygen atoms in total. The van der Waals surface area contributed by atoms with Gasteiger partial charge >= 0.3 is 7.12 Å². The van der Waals surface area contributed by atoms with Crippen LogP contribution in [0, 0.1) is 17.0 Å². The van der Waals surface area contributed by atoms with E-state index in [4.69, 9.17) is 14.0 Å². The molecule has 9 heteroatoms. The Morgan fingerprint density at radius 3 is 2.09 bits per heavy atom. The molecular formula is C26H43BF2NO4Si. The summed E-state index contributed by atoms with van der Waals surface area (Å²) < 4.78 is 48.3. The molecule has 197 valence electrons.